The van der Waals surface area contributed by atoms with Gasteiger partial charge in [0, 0.05) is 23.7 Å². The number of quaternary nitrogens is 1. The third-order valence-corrected chi connectivity index (χ3v) is 5.48. The van der Waals surface area contributed by atoms with Gasteiger partial charge in [0.1, 0.15) is 6.54 Å². The summed E-state index contributed by atoms with van der Waals surface area (Å²) >= 11 is 0. The lowest BCUT2D eigenvalue weighted by Gasteiger charge is -2.30. The third kappa shape index (κ3) is 3.45. The molecule has 0 fully saturated rings. The number of carbonyl (C=O) groups excluding carboxylic acids is 1. The van der Waals surface area contributed by atoms with Crippen molar-refractivity contribution in [2.24, 2.45) is 0 Å². The fourth-order valence-electron chi connectivity index (χ4n) is 3.77. The Morgan fingerprint density at radius 1 is 1.07 bits per heavy atom. The first-order chi connectivity index (χ1) is 13.6. The summed E-state index contributed by atoms with van der Waals surface area (Å²) in [6.07, 6.45) is 0.896. The number of hydrogen-bond acceptors (Lipinski definition) is 5. The average molecular weight is 385 g/mol. The minimum absolute atomic E-state index is 0.0159. The second-order valence-electron chi connectivity index (χ2n) is 7.09. The first-order valence-corrected chi connectivity index (χ1v) is 9.38. The summed E-state index contributed by atoms with van der Waals surface area (Å²) in [5, 5.41) is 2.99. The second kappa shape index (κ2) is 7.59. The Balaban J connectivity index is 1.45. The Bertz CT molecular complexity index is 899. The molecule has 0 spiro atoms. The highest BCUT2D eigenvalue weighted by molar-refractivity contribution is 5.94. The molecular formula is C21H25N2O5+. The van der Waals surface area contributed by atoms with Crippen molar-refractivity contribution < 1.29 is 28.6 Å². The molecule has 148 valence electrons. The Hall–Kier alpha value is -2.93. The number of carbonyl (C=O) groups is 1. The smallest absolute Gasteiger partial charge is 0.282 e. The molecule has 2 heterocycles. The number of nitrogens with one attached hydrogen (secondary N) is 2. The molecule has 2 aliphatic heterocycles. The topological polar surface area (TPSA) is 70.5 Å². The lowest BCUT2D eigenvalue weighted by molar-refractivity contribution is -0.929. The molecule has 7 nitrogen and oxygen atoms in total. The van der Waals surface area contributed by atoms with Crippen LogP contribution < -0.4 is 29.2 Å². The molecule has 2 aromatic rings. The van der Waals surface area contributed by atoms with Crippen LogP contribution in [0.4, 0.5) is 5.69 Å². The molecular weight excluding hydrogens is 360 g/mol. The van der Waals surface area contributed by atoms with Gasteiger partial charge in [0.25, 0.3) is 5.91 Å². The summed E-state index contributed by atoms with van der Waals surface area (Å²) in [5.41, 5.74) is 3.16. The van der Waals surface area contributed by atoms with Gasteiger partial charge in [0.05, 0.1) is 20.8 Å². The van der Waals surface area contributed by atoms with E-state index in [2.05, 4.69) is 5.32 Å². The molecule has 2 aliphatic rings. The van der Waals surface area contributed by atoms with Crippen molar-refractivity contribution >= 4 is 11.6 Å². The van der Waals surface area contributed by atoms with Gasteiger partial charge < -0.3 is 29.2 Å². The highest BCUT2D eigenvalue weighted by Crippen LogP contribution is 2.34. The van der Waals surface area contributed by atoms with Gasteiger partial charge in [-0.2, -0.15) is 0 Å². The fourth-order valence-corrected chi connectivity index (χ4v) is 3.77. The van der Waals surface area contributed by atoms with Crippen LogP contribution in [0, 0.1) is 0 Å². The first kappa shape index (κ1) is 18.4. The highest BCUT2D eigenvalue weighted by Gasteiger charge is 2.30. The van der Waals surface area contributed by atoms with Crippen LogP contribution >= 0.6 is 0 Å². The van der Waals surface area contributed by atoms with Gasteiger partial charge in [-0.15, -0.1) is 0 Å². The molecule has 0 bridgehead atoms. The predicted octanol–water partition coefficient (Wildman–Crippen LogP) is 1.40. The zero-order valence-electron chi connectivity index (χ0n) is 16.3. The molecule has 2 aromatic carbocycles. The molecule has 0 saturated heterocycles. The monoisotopic (exact) mass is 385 g/mol. The van der Waals surface area contributed by atoms with Crippen molar-refractivity contribution in [3.05, 3.63) is 41.5 Å². The second-order valence-corrected chi connectivity index (χ2v) is 7.09. The van der Waals surface area contributed by atoms with Crippen molar-refractivity contribution in [1.82, 2.24) is 0 Å². The SMILES string of the molecule is COc1cc2c(cc1OC)C[NH+]([C@H](C)C(=O)Nc1ccc3c(c1)OCO3)CC2. The summed E-state index contributed by atoms with van der Waals surface area (Å²) in [5.74, 6) is 2.82. The Kier molecular flexibility index (Phi) is 5.00. The summed E-state index contributed by atoms with van der Waals surface area (Å²) in [6.45, 7) is 3.84. The molecule has 0 saturated carbocycles. The van der Waals surface area contributed by atoms with Gasteiger partial charge in [0.15, 0.2) is 29.0 Å². The Labute approximate surface area is 164 Å². The van der Waals surface area contributed by atoms with Gasteiger partial charge in [-0.3, -0.25) is 4.79 Å². The molecule has 4 rings (SSSR count). The van der Waals surface area contributed by atoms with E-state index in [4.69, 9.17) is 18.9 Å². The molecule has 0 radical (unpaired) electrons. The normalized spacial score (nSPS) is 18.2. The van der Waals surface area contributed by atoms with E-state index in [1.807, 2.05) is 31.2 Å². The Morgan fingerprint density at radius 3 is 2.54 bits per heavy atom. The summed E-state index contributed by atoms with van der Waals surface area (Å²) in [6, 6.07) is 9.32. The minimum atomic E-state index is -0.188. The molecule has 2 atom stereocenters. The molecule has 1 unspecified atom stereocenters. The average Bonchev–Trinajstić information content (AvgIpc) is 3.19. The van der Waals surface area contributed by atoms with Crippen LogP contribution in [0.3, 0.4) is 0 Å². The van der Waals surface area contributed by atoms with E-state index in [1.165, 1.54) is 16.0 Å². The van der Waals surface area contributed by atoms with E-state index in [0.29, 0.717) is 17.2 Å². The number of ether oxygens (including phenoxy) is 4. The third-order valence-electron chi connectivity index (χ3n) is 5.48. The predicted molar refractivity (Wildman–Crippen MR) is 103 cm³/mol. The minimum Gasteiger partial charge on any atom is -0.493 e. The van der Waals surface area contributed by atoms with Crippen molar-refractivity contribution in [2.75, 3.05) is 32.9 Å². The molecule has 2 N–H and O–H groups in total. The highest BCUT2D eigenvalue weighted by atomic mass is 16.7. The fraction of sp³-hybridized carbons (Fsp3) is 0.381. The van der Waals surface area contributed by atoms with E-state index in [1.54, 1.807) is 20.3 Å². The summed E-state index contributed by atoms with van der Waals surface area (Å²) in [4.78, 5) is 14.0. The van der Waals surface area contributed by atoms with E-state index >= 15 is 0 Å². The van der Waals surface area contributed by atoms with Crippen LogP contribution in [-0.4, -0.2) is 39.5 Å². The quantitative estimate of drug-likeness (QED) is 0.814. The van der Waals surface area contributed by atoms with Crippen LogP contribution in [0.5, 0.6) is 23.0 Å². The van der Waals surface area contributed by atoms with Crippen LogP contribution in [-0.2, 0) is 17.8 Å². The van der Waals surface area contributed by atoms with E-state index in [9.17, 15) is 4.79 Å². The number of benzene rings is 2. The van der Waals surface area contributed by atoms with Gasteiger partial charge in [-0.05, 0) is 36.8 Å². The van der Waals surface area contributed by atoms with Crippen LogP contribution in [0.2, 0.25) is 0 Å². The Morgan fingerprint density at radius 2 is 1.79 bits per heavy atom. The molecule has 28 heavy (non-hydrogen) atoms. The summed E-state index contributed by atoms with van der Waals surface area (Å²) < 4.78 is 21.5. The number of fused-ring (bicyclic) bond motifs is 2. The summed E-state index contributed by atoms with van der Waals surface area (Å²) in [7, 11) is 3.28. The number of amides is 1. The van der Waals surface area contributed by atoms with Crippen molar-refractivity contribution in [3.63, 3.8) is 0 Å². The maximum atomic E-state index is 12.8. The molecule has 0 aliphatic carbocycles. The number of methoxy groups -OCH3 is 2. The van der Waals surface area contributed by atoms with Gasteiger partial charge in [-0.25, -0.2) is 0 Å². The number of anilines is 1. The lowest BCUT2D eigenvalue weighted by atomic mass is 9.97. The maximum Gasteiger partial charge on any atom is 0.282 e. The number of rotatable bonds is 5. The zero-order chi connectivity index (χ0) is 19.7. The van der Waals surface area contributed by atoms with E-state index in [0.717, 1.165) is 31.0 Å². The van der Waals surface area contributed by atoms with Crippen molar-refractivity contribution in [3.8, 4) is 23.0 Å². The molecule has 1 amide bonds. The zero-order valence-corrected chi connectivity index (χ0v) is 16.3. The molecule has 7 heteroatoms. The van der Waals surface area contributed by atoms with Crippen molar-refractivity contribution in [2.45, 2.75) is 25.9 Å². The van der Waals surface area contributed by atoms with E-state index in [-0.39, 0.29) is 18.7 Å². The lowest BCUT2D eigenvalue weighted by Crippen LogP contribution is -3.16. The first-order valence-electron chi connectivity index (χ1n) is 9.38. The van der Waals surface area contributed by atoms with Gasteiger partial charge in [-0.1, -0.05) is 0 Å². The largest absolute Gasteiger partial charge is 0.493 e. The van der Waals surface area contributed by atoms with E-state index < -0.39 is 0 Å². The van der Waals surface area contributed by atoms with Gasteiger partial charge in [0.2, 0.25) is 6.79 Å². The number of hydrogen-bond donors (Lipinski definition) is 2. The molecule has 0 aromatic heterocycles. The van der Waals surface area contributed by atoms with Crippen LogP contribution in [0.15, 0.2) is 30.3 Å². The van der Waals surface area contributed by atoms with Crippen LogP contribution in [0.25, 0.3) is 0 Å². The standard InChI is InChI=1S/C21H24N2O5/c1-13(21(24)22-16-4-5-17-20(10-16)28-12-27-17)23-7-6-14-8-18(25-2)19(26-3)9-15(14)11-23/h4-5,8-10,13H,6-7,11-12H2,1-3H3,(H,22,24)/p+1/t13-/m1/s1. The van der Waals surface area contributed by atoms with Gasteiger partial charge >= 0.3 is 0 Å². The van der Waals surface area contributed by atoms with Crippen molar-refractivity contribution in [1.29, 1.82) is 0 Å². The maximum absolute atomic E-state index is 12.8. The van der Waals surface area contributed by atoms with Crippen LogP contribution in [0.1, 0.15) is 18.1 Å².